The van der Waals surface area contributed by atoms with Crippen LogP contribution in [0.1, 0.15) is 4.88 Å². The van der Waals surface area contributed by atoms with Crippen LogP contribution in [0.15, 0.2) is 45.5 Å². The first-order chi connectivity index (χ1) is 10.9. The molecular weight excluding hydrogens is 359 g/mol. The Balaban J connectivity index is 1.81. The number of rotatable bonds is 7. The second kappa shape index (κ2) is 7.91. The molecule has 0 aliphatic rings. The topological polar surface area (TPSA) is 75.3 Å². The van der Waals surface area contributed by atoms with Crippen LogP contribution < -0.4 is 10.0 Å². The van der Waals surface area contributed by atoms with E-state index in [4.69, 9.17) is 0 Å². The Morgan fingerprint density at radius 2 is 1.91 bits per heavy atom. The molecule has 0 saturated carbocycles. The lowest BCUT2D eigenvalue weighted by Crippen LogP contribution is -2.24. The molecule has 0 bridgehead atoms. The maximum atomic E-state index is 12.8. The highest BCUT2D eigenvalue weighted by Gasteiger charge is 2.14. The van der Waals surface area contributed by atoms with E-state index in [2.05, 4.69) is 10.0 Å². The lowest BCUT2D eigenvalue weighted by atomic mass is 10.4. The van der Waals surface area contributed by atoms with Gasteiger partial charge in [0, 0.05) is 9.77 Å². The molecule has 0 aliphatic heterocycles. The number of thioether (sulfide) groups is 1. The van der Waals surface area contributed by atoms with Crippen molar-refractivity contribution in [2.24, 2.45) is 0 Å². The quantitative estimate of drug-likeness (QED) is 0.729. The average molecular weight is 374 g/mol. The molecule has 2 aromatic rings. The summed E-state index contributed by atoms with van der Waals surface area (Å²) in [7, 11) is -2.09. The Hall–Kier alpha value is -1.42. The number of carbonyl (C=O) groups is 1. The number of hydrogen-bond acceptors (Lipinski definition) is 5. The molecule has 0 spiro atoms. The van der Waals surface area contributed by atoms with E-state index in [0.29, 0.717) is 0 Å². The van der Waals surface area contributed by atoms with Gasteiger partial charge in [-0.15, -0.1) is 23.1 Å². The van der Waals surface area contributed by atoms with Crippen LogP contribution in [0.5, 0.6) is 0 Å². The number of thiophene rings is 1. The SMILES string of the molecule is CNS(=O)(=O)c1ccc(CNC(=O)CSc2ccc(F)cc2)s1. The molecule has 0 saturated heterocycles. The highest BCUT2D eigenvalue weighted by Crippen LogP contribution is 2.21. The molecule has 0 atom stereocenters. The van der Waals surface area contributed by atoms with Gasteiger partial charge >= 0.3 is 0 Å². The average Bonchev–Trinajstić information content (AvgIpc) is 3.02. The van der Waals surface area contributed by atoms with Crippen LogP contribution in [0.2, 0.25) is 0 Å². The Kier molecular flexibility index (Phi) is 6.17. The highest BCUT2D eigenvalue weighted by atomic mass is 32.2. The summed E-state index contributed by atoms with van der Waals surface area (Å²) in [6.07, 6.45) is 0. The fraction of sp³-hybridized carbons (Fsp3) is 0.214. The van der Waals surface area contributed by atoms with Gasteiger partial charge < -0.3 is 5.32 Å². The number of halogens is 1. The van der Waals surface area contributed by atoms with E-state index in [9.17, 15) is 17.6 Å². The molecule has 1 aromatic heterocycles. The van der Waals surface area contributed by atoms with Crippen molar-refractivity contribution in [1.82, 2.24) is 10.0 Å². The van der Waals surface area contributed by atoms with Gasteiger partial charge in [-0.3, -0.25) is 4.79 Å². The van der Waals surface area contributed by atoms with Gasteiger partial charge in [0.2, 0.25) is 15.9 Å². The predicted molar refractivity (Wildman–Crippen MR) is 89.5 cm³/mol. The molecular formula is C14H15FN2O3S3. The summed E-state index contributed by atoms with van der Waals surface area (Å²) in [5.41, 5.74) is 0. The summed E-state index contributed by atoms with van der Waals surface area (Å²) in [6, 6.07) is 9.08. The Bertz CT molecular complexity index is 773. The van der Waals surface area contributed by atoms with Crippen molar-refractivity contribution < 1.29 is 17.6 Å². The molecule has 5 nitrogen and oxygen atoms in total. The molecule has 23 heavy (non-hydrogen) atoms. The van der Waals surface area contributed by atoms with Crippen molar-refractivity contribution in [3.63, 3.8) is 0 Å². The van der Waals surface area contributed by atoms with Gasteiger partial charge in [0.05, 0.1) is 12.3 Å². The zero-order valence-corrected chi connectivity index (χ0v) is 14.7. The number of sulfonamides is 1. The molecule has 124 valence electrons. The third-order valence-corrected chi connectivity index (χ3v) is 6.82. The second-order valence-electron chi connectivity index (χ2n) is 4.45. The minimum atomic E-state index is -3.44. The zero-order chi connectivity index (χ0) is 16.9. The van der Waals surface area contributed by atoms with Crippen molar-refractivity contribution in [3.8, 4) is 0 Å². The third kappa shape index (κ3) is 5.31. The van der Waals surface area contributed by atoms with E-state index in [1.807, 2.05) is 0 Å². The van der Waals surface area contributed by atoms with Crippen LogP contribution in [-0.2, 0) is 21.4 Å². The number of amides is 1. The number of hydrogen-bond donors (Lipinski definition) is 2. The Morgan fingerprint density at radius 1 is 1.22 bits per heavy atom. The first kappa shape index (κ1) is 17.9. The molecule has 0 fully saturated rings. The Morgan fingerprint density at radius 3 is 2.57 bits per heavy atom. The van der Waals surface area contributed by atoms with E-state index in [0.717, 1.165) is 21.1 Å². The predicted octanol–water partition coefficient (Wildman–Crippen LogP) is 2.20. The standard InChI is InChI=1S/C14H15FN2O3S3/c1-16-23(19,20)14-7-6-12(22-14)8-17-13(18)9-21-11-4-2-10(15)3-5-11/h2-7,16H,8-9H2,1H3,(H,17,18). The largest absolute Gasteiger partial charge is 0.350 e. The molecule has 1 aromatic carbocycles. The van der Waals surface area contributed by atoms with Gasteiger partial charge in [0.15, 0.2) is 0 Å². The van der Waals surface area contributed by atoms with E-state index in [1.165, 1.54) is 37.0 Å². The maximum absolute atomic E-state index is 12.8. The van der Waals surface area contributed by atoms with Gasteiger partial charge in [-0.2, -0.15) is 0 Å². The molecule has 0 unspecified atom stereocenters. The van der Waals surface area contributed by atoms with Crippen LogP contribution >= 0.6 is 23.1 Å². The van der Waals surface area contributed by atoms with Gasteiger partial charge in [0.25, 0.3) is 0 Å². The van der Waals surface area contributed by atoms with Crippen LogP contribution in [-0.4, -0.2) is 27.1 Å². The molecule has 1 heterocycles. The Labute approximate surface area is 142 Å². The summed E-state index contributed by atoms with van der Waals surface area (Å²) in [5, 5.41) is 2.72. The number of benzene rings is 1. The normalized spacial score (nSPS) is 11.4. The van der Waals surface area contributed by atoms with Crippen LogP contribution in [0.25, 0.3) is 0 Å². The molecule has 1 amide bonds. The van der Waals surface area contributed by atoms with Crippen molar-refractivity contribution >= 4 is 39.0 Å². The van der Waals surface area contributed by atoms with Gasteiger partial charge in [0.1, 0.15) is 10.0 Å². The maximum Gasteiger partial charge on any atom is 0.249 e. The minimum Gasteiger partial charge on any atom is -0.350 e. The molecule has 2 N–H and O–H groups in total. The number of nitrogens with one attached hydrogen (secondary N) is 2. The number of carbonyl (C=O) groups excluding carboxylic acids is 1. The lowest BCUT2D eigenvalue weighted by molar-refractivity contribution is -0.118. The van der Waals surface area contributed by atoms with Crippen molar-refractivity contribution in [1.29, 1.82) is 0 Å². The van der Waals surface area contributed by atoms with E-state index < -0.39 is 10.0 Å². The third-order valence-electron chi connectivity index (χ3n) is 2.81. The van der Waals surface area contributed by atoms with E-state index in [-0.39, 0.29) is 28.2 Å². The first-order valence-electron chi connectivity index (χ1n) is 6.58. The molecule has 0 aliphatic carbocycles. The van der Waals surface area contributed by atoms with Crippen molar-refractivity contribution in [2.45, 2.75) is 15.6 Å². The van der Waals surface area contributed by atoms with Crippen LogP contribution in [0.3, 0.4) is 0 Å². The highest BCUT2D eigenvalue weighted by molar-refractivity contribution is 8.00. The zero-order valence-electron chi connectivity index (χ0n) is 12.2. The minimum absolute atomic E-state index is 0.175. The molecule has 0 radical (unpaired) electrons. The smallest absolute Gasteiger partial charge is 0.249 e. The van der Waals surface area contributed by atoms with Crippen molar-refractivity contribution in [3.05, 3.63) is 47.1 Å². The summed E-state index contributed by atoms with van der Waals surface area (Å²) in [4.78, 5) is 13.3. The fourth-order valence-electron chi connectivity index (χ4n) is 1.61. The van der Waals surface area contributed by atoms with E-state index in [1.54, 1.807) is 18.2 Å². The molecule has 2 rings (SSSR count). The van der Waals surface area contributed by atoms with Gasteiger partial charge in [-0.1, -0.05) is 0 Å². The molecule has 9 heteroatoms. The second-order valence-corrected chi connectivity index (χ2v) is 8.78. The summed E-state index contributed by atoms with van der Waals surface area (Å²) >= 11 is 2.41. The van der Waals surface area contributed by atoms with Crippen molar-refractivity contribution in [2.75, 3.05) is 12.8 Å². The monoisotopic (exact) mass is 374 g/mol. The van der Waals surface area contributed by atoms with Gasteiger partial charge in [-0.05, 0) is 43.4 Å². The van der Waals surface area contributed by atoms with Gasteiger partial charge in [-0.25, -0.2) is 17.5 Å². The van der Waals surface area contributed by atoms with Crippen LogP contribution in [0, 0.1) is 5.82 Å². The lowest BCUT2D eigenvalue weighted by Gasteiger charge is -2.04. The van der Waals surface area contributed by atoms with E-state index >= 15 is 0 Å². The van der Waals surface area contributed by atoms with Crippen LogP contribution in [0.4, 0.5) is 4.39 Å². The summed E-state index contributed by atoms with van der Waals surface area (Å²) in [5.74, 6) is -0.284. The summed E-state index contributed by atoms with van der Waals surface area (Å²) < 4.78 is 38.5. The summed E-state index contributed by atoms with van der Waals surface area (Å²) in [6.45, 7) is 0.271. The fourth-order valence-corrected chi connectivity index (χ4v) is 4.48. The first-order valence-corrected chi connectivity index (χ1v) is 9.86.